The highest BCUT2D eigenvalue weighted by Crippen LogP contribution is 2.44. The van der Waals surface area contributed by atoms with E-state index in [4.69, 9.17) is 0 Å². The molecule has 0 saturated heterocycles. The van der Waals surface area contributed by atoms with Gasteiger partial charge < -0.3 is 0 Å². The normalized spacial score (nSPS) is 19.0. The minimum Gasteiger partial charge on any atom is -0.294 e. The first kappa shape index (κ1) is 12.0. The first-order chi connectivity index (χ1) is 8.70. The second kappa shape index (κ2) is 4.55. The standard InChI is InChI=1S/C13H14N2OS2/c1-7-5-8-11(10(16)6-7)13(17-2)18-12(8)9-3-4-14-15-9/h3-4,7H,5-6H2,1-2H3,(H,14,15). The van der Waals surface area contributed by atoms with Crippen LogP contribution in [0.4, 0.5) is 0 Å². The van der Waals surface area contributed by atoms with Crippen molar-refractivity contribution in [2.75, 3.05) is 6.26 Å². The van der Waals surface area contributed by atoms with Crippen molar-refractivity contribution in [2.45, 2.75) is 24.0 Å². The molecule has 1 N–H and O–H groups in total. The fourth-order valence-electron chi connectivity index (χ4n) is 2.50. The molecule has 5 heteroatoms. The lowest BCUT2D eigenvalue weighted by Gasteiger charge is -2.18. The lowest BCUT2D eigenvalue weighted by Crippen LogP contribution is -2.17. The number of thioether (sulfide) groups is 1. The lowest BCUT2D eigenvalue weighted by atomic mass is 9.85. The van der Waals surface area contributed by atoms with E-state index in [-0.39, 0.29) is 0 Å². The van der Waals surface area contributed by atoms with Crippen molar-refractivity contribution in [2.24, 2.45) is 5.92 Å². The van der Waals surface area contributed by atoms with Crippen LogP contribution in [0, 0.1) is 5.92 Å². The van der Waals surface area contributed by atoms with E-state index >= 15 is 0 Å². The molecule has 0 fully saturated rings. The second-order valence-corrected chi connectivity index (χ2v) is 6.77. The van der Waals surface area contributed by atoms with Gasteiger partial charge in [0.25, 0.3) is 0 Å². The van der Waals surface area contributed by atoms with Crippen LogP contribution in [0.3, 0.4) is 0 Å². The van der Waals surface area contributed by atoms with Gasteiger partial charge in [0, 0.05) is 18.2 Å². The summed E-state index contributed by atoms with van der Waals surface area (Å²) in [6, 6.07) is 1.97. The van der Waals surface area contributed by atoms with Crippen LogP contribution in [0.25, 0.3) is 10.6 Å². The second-order valence-electron chi connectivity index (χ2n) is 4.67. The summed E-state index contributed by atoms with van der Waals surface area (Å²) in [5.41, 5.74) is 3.13. The third kappa shape index (κ3) is 1.82. The number of carbonyl (C=O) groups excluding carboxylic acids is 1. The summed E-state index contributed by atoms with van der Waals surface area (Å²) in [4.78, 5) is 13.4. The van der Waals surface area contributed by atoms with E-state index < -0.39 is 0 Å². The molecule has 94 valence electrons. The van der Waals surface area contributed by atoms with Crippen molar-refractivity contribution >= 4 is 28.9 Å². The molecule has 1 aliphatic carbocycles. The van der Waals surface area contributed by atoms with E-state index in [2.05, 4.69) is 17.1 Å². The number of nitrogens with zero attached hydrogens (tertiary/aromatic N) is 1. The first-order valence-corrected chi connectivity index (χ1v) is 7.97. The topological polar surface area (TPSA) is 45.8 Å². The summed E-state index contributed by atoms with van der Waals surface area (Å²) in [5.74, 6) is 0.734. The molecule has 2 aromatic heterocycles. The fourth-order valence-corrected chi connectivity index (χ4v) is 4.57. The van der Waals surface area contributed by atoms with Gasteiger partial charge in [0.05, 0.1) is 9.09 Å². The maximum Gasteiger partial charge on any atom is 0.165 e. The Hall–Kier alpha value is -1.07. The predicted octanol–water partition coefficient (Wildman–Crippen LogP) is 3.63. The molecule has 0 bridgehead atoms. The van der Waals surface area contributed by atoms with Crippen LogP contribution < -0.4 is 0 Å². The molecular formula is C13H14N2OS2. The van der Waals surface area contributed by atoms with E-state index in [1.807, 2.05) is 18.5 Å². The number of hydrogen-bond donors (Lipinski definition) is 1. The largest absolute Gasteiger partial charge is 0.294 e. The molecule has 0 radical (unpaired) electrons. The number of fused-ring (bicyclic) bond motifs is 1. The van der Waals surface area contributed by atoms with Crippen molar-refractivity contribution in [1.29, 1.82) is 0 Å². The van der Waals surface area contributed by atoms with Crippen LogP contribution in [-0.2, 0) is 6.42 Å². The van der Waals surface area contributed by atoms with E-state index in [9.17, 15) is 4.79 Å². The Morgan fingerprint density at radius 2 is 2.33 bits per heavy atom. The molecule has 1 atom stereocenters. The predicted molar refractivity (Wildman–Crippen MR) is 75.5 cm³/mol. The maximum absolute atomic E-state index is 12.2. The van der Waals surface area contributed by atoms with Crippen molar-refractivity contribution < 1.29 is 4.79 Å². The minimum atomic E-state index is 0.297. The van der Waals surface area contributed by atoms with Crippen LogP contribution in [0.15, 0.2) is 16.5 Å². The van der Waals surface area contributed by atoms with Gasteiger partial charge in [0.2, 0.25) is 0 Å². The van der Waals surface area contributed by atoms with Gasteiger partial charge in [0.1, 0.15) is 5.69 Å². The third-order valence-electron chi connectivity index (χ3n) is 3.26. The Morgan fingerprint density at radius 1 is 1.50 bits per heavy atom. The van der Waals surface area contributed by atoms with E-state index in [0.717, 1.165) is 26.8 Å². The van der Waals surface area contributed by atoms with Gasteiger partial charge in [-0.05, 0) is 30.2 Å². The Labute approximate surface area is 114 Å². The zero-order valence-electron chi connectivity index (χ0n) is 10.3. The number of thiophene rings is 1. The van der Waals surface area contributed by atoms with Gasteiger partial charge >= 0.3 is 0 Å². The number of ketones is 1. The highest BCUT2D eigenvalue weighted by Gasteiger charge is 2.30. The lowest BCUT2D eigenvalue weighted by molar-refractivity contribution is 0.0951. The van der Waals surface area contributed by atoms with Crippen LogP contribution in [-0.4, -0.2) is 22.2 Å². The summed E-state index contributed by atoms with van der Waals surface area (Å²) in [7, 11) is 0. The van der Waals surface area contributed by atoms with Gasteiger partial charge in [-0.15, -0.1) is 23.1 Å². The summed E-state index contributed by atoms with van der Waals surface area (Å²) in [6.45, 7) is 2.14. The van der Waals surface area contributed by atoms with Crippen molar-refractivity contribution in [3.05, 3.63) is 23.4 Å². The molecule has 0 aromatic carbocycles. The highest BCUT2D eigenvalue weighted by atomic mass is 32.2. The number of carbonyl (C=O) groups is 1. The number of Topliss-reactive ketones (excluding diaryl/α,β-unsaturated/α-hetero) is 1. The molecule has 0 amide bonds. The number of rotatable bonds is 2. The van der Waals surface area contributed by atoms with Crippen molar-refractivity contribution in [3.8, 4) is 10.6 Å². The summed E-state index contributed by atoms with van der Waals surface area (Å²) >= 11 is 3.36. The zero-order valence-corrected chi connectivity index (χ0v) is 12.0. The molecule has 3 rings (SSSR count). The van der Waals surface area contributed by atoms with Gasteiger partial charge in [-0.3, -0.25) is 9.89 Å². The Kier molecular flexibility index (Phi) is 3.03. The van der Waals surface area contributed by atoms with E-state index in [0.29, 0.717) is 18.1 Å². The van der Waals surface area contributed by atoms with Gasteiger partial charge in [0.15, 0.2) is 5.78 Å². The smallest absolute Gasteiger partial charge is 0.165 e. The monoisotopic (exact) mass is 278 g/mol. The number of nitrogens with one attached hydrogen (secondary N) is 1. The summed E-state index contributed by atoms with van der Waals surface area (Å²) < 4.78 is 1.14. The fraction of sp³-hybridized carbons (Fsp3) is 0.385. The van der Waals surface area contributed by atoms with E-state index in [1.165, 1.54) is 5.56 Å². The third-order valence-corrected chi connectivity index (χ3v) is 5.63. The Bertz CT molecular complexity index is 586. The highest BCUT2D eigenvalue weighted by molar-refractivity contribution is 8.00. The number of hydrogen-bond acceptors (Lipinski definition) is 4. The van der Waals surface area contributed by atoms with E-state index in [1.54, 1.807) is 23.1 Å². The molecule has 1 aliphatic rings. The van der Waals surface area contributed by atoms with Gasteiger partial charge in [-0.2, -0.15) is 5.10 Å². The molecule has 0 spiro atoms. The molecule has 0 aliphatic heterocycles. The molecule has 3 nitrogen and oxygen atoms in total. The van der Waals surface area contributed by atoms with Crippen LogP contribution >= 0.6 is 23.1 Å². The summed E-state index contributed by atoms with van der Waals surface area (Å²) in [6.07, 6.45) is 5.53. The van der Waals surface area contributed by atoms with Gasteiger partial charge in [-0.25, -0.2) is 0 Å². The van der Waals surface area contributed by atoms with Crippen molar-refractivity contribution in [1.82, 2.24) is 10.2 Å². The minimum absolute atomic E-state index is 0.297. The maximum atomic E-state index is 12.2. The van der Waals surface area contributed by atoms with Crippen LogP contribution in [0.5, 0.6) is 0 Å². The average molecular weight is 278 g/mol. The Balaban J connectivity index is 2.20. The number of aromatic nitrogens is 2. The molecule has 2 heterocycles. The van der Waals surface area contributed by atoms with Gasteiger partial charge in [-0.1, -0.05) is 6.92 Å². The SMILES string of the molecule is CSc1sc(-c2cc[nH]n2)c2c1C(=O)CC(C)C2. The van der Waals surface area contributed by atoms with Crippen molar-refractivity contribution in [3.63, 3.8) is 0 Å². The molecule has 2 aromatic rings. The zero-order chi connectivity index (χ0) is 12.7. The molecule has 0 saturated carbocycles. The molecule has 1 unspecified atom stereocenters. The quantitative estimate of drug-likeness (QED) is 0.853. The first-order valence-electron chi connectivity index (χ1n) is 5.93. The average Bonchev–Trinajstić information content (AvgIpc) is 2.94. The number of H-pyrrole nitrogens is 1. The van der Waals surface area contributed by atoms with Crippen LogP contribution in [0.2, 0.25) is 0 Å². The molecular weight excluding hydrogens is 264 g/mol. The number of aromatic amines is 1. The Morgan fingerprint density at radius 3 is 3.00 bits per heavy atom. The van der Waals surface area contributed by atoms with Crippen LogP contribution in [0.1, 0.15) is 29.3 Å². The molecule has 18 heavy (non-hydrogen) atoms. The summed E-state index contributed by atoms with van der Waals surface area (Å²) in [5, 5.41) is 7.11.